The van der Waals surface area contributed by atoms with Crippen molar-refractivity contribution in [3.63, 3.8) is 0 Å². The third-order valence-corrected chi connectivity index (χ3v) is 2.05. The molecule has 74 valence electrons. The van der Waals surface area contributed by atoms with Crippen LogP contribution in [0.2, 0.25) is 0 Å². The quantitative estimate of drug-likeness (QED) is 0.634. The van der Waals surface area contributed by atoms with Crippen LogP contribution in [0.3, 0.4) is 0 Å². The molecule has 5 heteroatoms. The van der Waals surface area contributed by atoms with Crippen molar-refractivity contribution in [3.05, 3.63) is 28.8 Å². The van der Waals surface area contributed by atoms with Gasteiger partial charge in [-0.1, -0.05) is 11.1 Å². The van der Waals surface area contributed by atoms with Gasteiger partial charge in [0.25, 0.3) is 0 Å². The highest BCUT2D eigenvalue weighted by molar-refractivity contribution is 6.74. The van der Waals surface area contributed by atoms with Gasteiger partial charge in [0.1, 0.15) is 0 Å². The minimum atomic E-state index is -4.99. The second-order valence-corrected chi connectivity index (χ2v) is 3.21. The molecule has 0 spiro atoms. The summed E-state index contributed by atoms with van der Waals surface area (Å²) < 4.78 is 37.6. The Balaban J connectivity index is 3.42. The zero-order valence-electron chi connectivity index (χ0n) is 7.81. The van der Waals surface area contributed by atoms with Gasteiger partial charge in [0.2, 0.25) is 0 Å². The summed E-state index contributed by atoms with van der Waals surface area (Å²) in [6, 6.07) is 4.35. The number of hydrogen-bond acceptors (Lipinski definition) is 1. The molecule has 1 aromatic carbocycles. The number of hydrogen-bond donors (Lipinski definition) is 0. The van der Waals surface area contributed by atoms with E-state index in [0.717, 1.165) is 0 Å². The molecular formula is C9H8BF3N-. The molecule has 0 fully saturated rings. The molecule has 0 aromatic heterocycles. The summed E-state index contributed by atoms with van der Waals surface area (Å²) in [5.41, 5.74) is -0.0732. The van der Waals surface area contributed by atoms with Crippen molar-refractivity contribution in [3.8, 4) is 6.07 Å². The van der Waals surface area contributed by atoms with Crippen LogP contribution in [0.15, 0.2) is 12.1 Å². The van der Waals surface area contributed by atoms with Gasteiger partial charge in [0, 0.05) is 0 Å². The molecule has 0 N–H and O–H groups in total. The minimum Gasteiger partial charge on any atom is -0.445 e. The molecular weight excluding hydrogens is 190 g/mol. The van der Waals surface area contributed by atoms with Crippen LogP contribution < -0.4 is 5.46 Å². The van der Waals surface area contributed by atoms with Gasteiger partial charge in [-0.05, 0) is 26.0 Å². The molecule has 0 bridgehead atoms. The average molecular weight is 198 g/mol. The van der Waals surface area contributed by atoms with Crippen LogP contribution in [-0.4, -0.2) is 6.98 Å². The number of nitriles is 1. The van der Waals surface area contributed by atoms with Gasteiger partial charge in [0.05, 0.1) is 11.6 Å². The molecule has 0 saturated carbocycles. The first-order valence-electron chi connectivity index (χ1n) is 4.07. The summed E-state index contributed by atoms with van der Waals surface area (Å²) in [6.07, 6.45) is 0. The molecule has 0 atom stereocenters. The number of benzene rings is 1. The van der Waals surface area contributed by atoms with Gasteiger partial charge in [-0.3, -0.25) is 0 Å². The summed E-state index contributed by atoms with van der Waals surface area (Å²) in [5, 5.41) is 8.55. The Morgan fingerprint density at radius 1 is 1.14 bits per heavy atom. The first-order chi connectivity index (χ1) is 6.36. The molecule has 0 aliphatic rings. The predicted octanol–water partition coefficient (Wildman–Crippen LogP) is 2.23. The van der Waals surface area contributed by atoms with Crippen molar-refractivity contribution < 1.29 is 12.9 Å². The summed E-state index contributed by atoms with van der Waals surface area (Å²) in [7, 11) is 0. The molecule has 14 heavy (non-hydrogen) atoms. The van der Waals surface area contributed by atoms with E-state index in [-0.39, 0.29) is 16.7 Å². The summed E-state index contributed by atoms with van der Waals surface area (Å²) >= 11 is 0. The SMILES string of the molecule is Cc1cc(C#N)cc(C)c1[B-](F)(F)F. The van der Waals surface area contributed by atoms with E-state index < -0.39 is 12.4 Å². The molecule has 0 aliphatic heterocycles. The van der Waals surface area contributed by atoms with Crippen molar-refractivity contribution >= 4 is 12.4 Å². The fourth-order valence-electron chi connectivity index (χ4n) is 1.56. The highest BCUT2D eigenvalue weighted by Crippen LogP contribution is 2.16. The van der Waals surface area contributed by atoms with Crippen molar-refractivity contribution in [1.29, 1.82) is 5.26 Å². The van der Waals surface area contributed by atoms with Crippen LogP contribution in [0.25, 0.3) is 0 Å². The van der Waals surface area contributed by atoms with Gasteiger partial charge in [0.15, 0.2) is 0 Å². The van der Waals surface area contributed by atoms with Crippen LogP contribution in [0.4, 0.5) is 12.9 Å². The lowest BCUT2D eigenvalue weighted by atomic mass is 9.74. The first kappa shape index (κ1) is 10.6. The van der Waals surface area contributed by atoms with E-state index in [9.17, 15) is 12.9 Å². The van der Waals surface area contributed by atoms with Gasteiger partial charge in [-0.2, -0.15) is 5.26 Å². The Labute approximate surface area is 80.2 Å². The average Bonchev–Trinajstić information content (AvgIpc) is 1.99. The Morgan fingerprint density at radius 2 is 1.57 bits per heavy atom. The van der Waals surface area contributed by atoms with E-state index in [2.05, 4.69) is 0 Å². The van der Waals surface area contributed by atoms with Crippen LogP contribution in [0.5, 0.6) is 0 Å². The van der Waals surface area contributed by atoms with Gasteiger partial charge >= 0.3 is 6.98 Å². The Bertz CT molecular complexity index is 380. The maximum absolute atomic E-state index is 12.5. The molecule has 0 heterocycles. The standard InChI is InChI=1S/C9H8BF3N/c1-6-3-8(5-14)4-7(2)9(6)10(11,12)13/h3-4H,1-2H3/q-1. The molecule has 1 rings (SSSR count). The smallest absolute Gasteiger partial charge is 0.445 e. The van der Waals surface area contributed by atoms with E-state index in [1.54, 1.807) is 0 Å². The first-order valence-corrected chi connectivity index (χ1v) is 4.07. The topological polar surface area (TPSA) is 23.8 Å². The number of aryl methyl sites for hydroxylation is 2. The van der Waals surface area contributed by atoms with Crippen LogP contribution >= 0.6 is 0 Å². The Hall–Kier alpha value is -1.44. The molecule has 0 amide bonds. The summed E-state index contributed by atoms with van der Waals surface area (Å²) in [6.45, 7) is -2.24. The van der Waals surface area contributed by atoms with Crippen LogP contribution in [0.1, 0.15) is 16.7 Å². The number of nitrogens with zero attached hydrogens (tertiary/aromatic N) is 1. The molecule has 0 unspecified atom stereocenters. The lowest BCUT2D eigenvalue weighted by molar-refractivity contribution is 0.500. The fourth-order valence-corrected chi connectivity index (χ4v) is 1.56. The third kappa shape index (κ3) is 1.90. The predicted molar refractivity (Wildman–Crippen MR) is 49.3 cm³/mol. The van der Waals surface area contributed by atoms with Gasteiger partial charge in [-0.25, -0.2) is 0 Å². The normalized spacial score (nSPS) is 11.1. The minimum absolute atomic E-state index is 0.119. The molecule has 1 nitrogen and oxygen atoms in total. The highest BCUT2D eigenvalue weighted by Gasteiger charge is 2.29. The van der Waals surface area contributed by atoms with E-state index in [0.29, 0.717) is 0 Å². The van der Waals surface area contributed by atoms with E-state index in [1.165, 1.54) is 26.0 Å². The van der Waals surface area contributed by atoms with E-state index in [1.807, 2.05) is 6.07 Å². The molecule has 1 aromatic rings. The summed E-state index contributed by atoms with van der Waals surface area (Å²) in [5.74, 6) is 0. The van der Waals surface area contributed by atoms with Crippen LogP contribution in [-0.2, 0) is 0 Å². The van der Waals surface area contributed by atoms with Crippen molar-refractivity contribution in [2.75, 3.05) is 0 Å². The maximum atomic E-state index is 12.5. The lowest BCUT2D eigenvalue weighted by Crippen LogP contribution is -2.38. The van der Waals surface area contributed by atoms with E-state index >= 15 is 0 Å². The lowest BCUT2D eigenvalue weighted by Gasteiger charge is -2.20. The second kappa shape index (κ2) is 3.37. The van der Waals surface area contributed by atoms with E-state index in [4.69, 9.17) is 5.26 Å². The van der Waals surface area contributed by atoms with Crippen molar-refractivity contribution in [1.82, 2.24) is 0 Å². The Morgan fingerprint density at radius 3 is 1.86 bits per heavy atom. The van der Waals surface area contributed by atoms with Crippen molar-refractivity contribution in [2.45, 2.75) is 13.8 Å². The second-order valence-electron chi connectivity index (χ2n) is 3.21. The highest BCUT2D eigenvalue weighted by atomic mass is 19.4. The number of halogens is 3. The Kier molecular flexibility index (Phi) is 2.56. The van der Waals surface area contributed by atoms with Gasteiger partial charge in [-0.15, -0.1) is 5.46 Å². The monoisotopic (exact) mass is 198 g/mol. The zero-order chi connectivity index (χ0) is 10.9. The van der Waals surface area contributed by atoms with Crippen molar-refractivity contribution in [2.24, 2.45) is 0 Å². The zero-order valence-corrected chi connectivity index (χ0v) is 7.81. The third-order valence-electron chi connectivity index (χ3n) is 2.05. The molecule has 0 aliphatic carbocycles. The molecule has 0 saturated heterocycles. The maximum Gasteiger partial charge on any atom is 0.510 e. The number of rotatable bonds is 1. The van der Waals surface area contributed by atoms with Gasteiger partial charge < -0.3 is 12.9 Å². The fraction of sp³-hybridized carbons (Fsp3) is 0.222. The largest absolute Gasteiger partial charge is 0.510 e. The summed E-state index contributed by atoms with van der Waals surface area (Å²) in [4.78, 5) is 0. The van der Waals surface area contributed by atoms with Crippen LogP contribution in [0, 0.1) is 25.2 Å². The molecule has 0 radical (unpaired) electrons.